The quantitative estimate of drug-likeness (QED) is 0.113. The number of aromatic nitrogens is 2. The van der Waals surface area contributed by atoms with Gasteiger partial charge in [-0.1, -0.05) is 51.0 Å². The highest BCUT2D eigenvalue weighted by atomic mass is 32.2. The van der Waals surface area contributed by atoms with Crippen molar-refractivity contribution in [2.75, 3.05) is 19.0 Å². The maximum atomic E-state index is 14.9. The number of hydrogen-bond donors (Lipinski definition) is 3. The number of allylic oxidation sites excluding steroid dienone is 1. The second-order valence-corrected chi connectivity index (χ2v) is 19.3. The molecule has 1 saturated heterocycles. The minimum Gasteiger partial charge on any atom is -0.497 e. The number of nitrogens with zero attached hydrogens (tertiary/aromatic N) is 4. The van der Waals surface area contributed by atoms with Crippen LogP contribution in [0.25, 0.3) is 26.4 Å². The van der Waals surface area contributed by atoms with E-state index in [1.165, 1.54) is 16.2 Å². The molecule has 2 aromatic carbocycles. The summed E-state index contributed by atoms with van der Waals surface area (Å²) in [5, 5.41) is 9.15. The van der Waals surface area contributed by atoms with Crippen LogP contribution in [0.1, 0.15) is 83.2 Å². The number of anilines is 1. The second kappa shape index (κ2) is 16.8. The van der Waals surface area contributed by atoms with Crippen molar-refractivity contribution in [2.45, 2.75) is 107 Å². The number of nitrogens with one attached hydrogen (secondary N) is 3. The fourth-order valence-electron chi connectivity index (χ4n) is 8.07. The summed E-state index contributed by atoms with van der Waals surface area (Å²) in [6, 6.07) is 12.5. The van der Waals surface area contributed by atoms with Gasteiger partial charge in [0, 0.05) is 40.9 Å². The SMILES string of the molecule is [C-]#[N+]c1cccc(N[C@H]2CCCCCC=C[C@@H]3C[C@@]3(C(=O)NS(=O)(=O)C3CC3)NC(=O)[C@@H]3C[C@@H](Oc4cc(-c5nc(C(C)C)cs5)nc5cc(OC)ccc45)CN3C2=O)c1. The largest absolute Gasteiger partial charge is 0.497 e. The van der Waals surface area contributed by atoms with E-state index in [1.807, 2.05) is 41.8 Å². The van der Waals surface area contributed by atoms with Gasteiger partial charge in [-0.15, -0.1) is 11.3 Å². The van der Waals surface area contributed by atoms with Crippen molar-refractivity contribution in [3.63, 3.8) is 0 Å². The maximum Gasteiger partial charge on any atom is 0.259 e. The van der Waals surface area contributed by atoms with Crippen molar-refractivity contribution >= 4 is 61.4 Å². The third-order valence-corrected chi connectivity index (χ3v) is 14.5. The van der Waals surface area contributed by atoms with E-state index in [2.05, 4.69) is 34.0 Å². The van der Waals surface area contributed by atoms with E-state index in [0.717, 1.165) is 36.4 Å². The fraction of sp³-hybridized carbons (Fsp3) is 0.455. The van der Waals surface area contributed by atoms with Gasteiger partial charge < -0.3 is 25.0 Å². The first-order chi connectivity index (χ1) is 28.9. The molecule has 2 saturated carbocycles. The molecular weight excluding hydrogens is 803 g/mol. The van der Waals surface area contributed by atoms with E-state index in [-0.39, 0.29) is 31.2 Å². The van der Waals surface area contributed by atoms with Crippen molar-refractivity contribution in [1.29, 1.82) is 0 Å². The number of amides is 3. The molecule has 5 atom stereocenters. The van der Waals surface area contributed by atoms with Crippen LogP contribution < -0.4 is 24.8 Å². The number of ether oxygens (including phenoxy) is 2. The normalized spacial score (nSPS) is 24.7. The lowest BCUT2D eigenvalue weighted by atomic mass is 10.0. The molecule has 14 nitrogen and oxygen atoms in total. The lowest BCUT2D eigenvalue weighted by Gasteiger charge is -2.30. The number of fused-ring (bicyclic) bond motifs is 3. The molecular formula is C44H49N7O7S2. The molecule has 60 heavy (non-hydrogen) atoms. The number of benzene rings is 2. The van der Waals surface area contributed by atoms with Crippen molar-refractivity contribution < 1.29 is 32.3 Å². The zero-order valence-electron chi connectivity index (χ0n) is 33.8. The van der Waals surface area contributed by atoms with E-state index in [9.17, 15) is 22.8 Å². The van der Waals surface area contributed by atoms with Crippen LogP contribution in [0.2, 0.25) is 0 Å². The zero-order chi connectivity index (χ0) is 42.2. The Kier molecular flexibility index (Phi) is 11.6. The molecule has 0 spiro atoms. The van der Waals surface area contributed by atoms with Crippen LogP contribution in [0.5, 0.6) is 11.5 Å². The highest BCUT2D eigenvalue weighted by Crippen LogP contribution is 2.46. The minimum atomic E-state index is -3.89. The number of methoxy groups -OCH3 is 1. The predicted molar refractivity (Wildman–Crippen MR) is 229 cm³/mol. The molecule has 2 aliphatic heterocycles. The highest BCUT2D eigenvalue weighted by molar-refractivity contribution is 7.91. The number of carbonyl (C=O) groups is 3. The van der Waals surface area contributed by atoms with Gasteiger partial charge in [0.1, 0.15) is 45.9 Å². The van der Waals surface area contributed by atoms with Crippen LogP contribution in [0.3, 0.4) is 0 Å². The number of hydrogen-bond acceptors (Lipinski definition) is 11. The Morgan fingerprint density at radius 2 is 1.92 bits per heavy atom. The lowest BCUT2D eigenvalue weighted by Crippen LogP contribution is -2.57. The molecule has 3 amide bonds. The van der Waals surface area contributed by atoms with E-state index < -0.39 is 56.7 Å². The zero-order valence-corrected chi connectivity index (χ0v) is 35.5. The molecule has 2 aromatic heterocycles. The smallest absolute Gasteiger partial charge is 0.259 e. The average Bonchev–Trinajstić information content (AvgIpc) is 4.11. The third kappa shape index (κ3) is 8.69. The van der Waals surface area contributed by atoms with Crippen LogP contribution in [0.4, 0.5) is 11.4 Å². The van der Waals surface area contributed by atoms with Gasteiger partial charge >= 0.3 is 0 Å². The molecule has 4 heterocycles. The van der Waals surface area contributed by atoms with Gasteiger partial charge in [-0.25, -0.2) is 23.2 Å². The molecule has 8 rings (SSSR count). The molecule has 4 aliphatic rings. The summed E-state index contributed by atoms with van der Waals surface area (Å²) >= 11 is 1.49. The summed E-state index contributed by atoms with van der Waals surface area (Å²) in [5.74, 6) is -0.726. The topological polar surface area (TPSA) is 173 Å². The molecule has 0 bridgehead atoms. The predicted octanol–water partition coefficient (Wildman–Crippen LogP) is 6.87. The van der Waals surface area contributed by atoms with Gasteiger partial charge in [-0.3, -0.25) is 19.1 Å². The van der Waals surface area contributed by atoms with E-state index in [1.54, 1.807) is 31.4 Å². The lowest BCUT2D eigenvalue weighted by molar-refractivity contribution is -0.140. The molecule has 4 aromatic rings. The Labute approximate surface area is 354 Å². The minimum absolute atomic E-state index is 0.0554. The first kappa shape index (κ1) is 41.2. The van der Waals surface area contributed by atoms with E-state index in [4.69, 9.17) is 26.0 Å². The second-order valence-electron chi connectivity index (χ2n) is 16.5. The average molecular weight is 852 g/mol. The number of carbonyl (C=O) groups excluding carboxylic acids is 3. The number of sulfonamides is 1. The molecule has 0 unspecified atom stereocenters. The standard InChI is InChI=1S/C44H49N7O7S2/c1-26(2)37-25-59-41(48-37)36-22-39(33-18-15-30(57-4)20-35(33)47-36)58-31-21-38-40(52)49-44(43(54)50-60(55,56)32-16-17-32)23-27(44)11-8-6-5-7-9-14-34(42(53)51(38)24-31)46-29-13-10-12-28(19-29)45-3/h8,10-13,15,18-20,22,25-27,31-32,34,38,46H,5-7,9,14,16-17,21,23-24H2,1-2,4H3,(H,49,52)(H,50,54)/t27-,31-,34+,38+,44-/m1/s1. The third-order valence-electron chi connectivity index (χ3n) is 11.8. The molecule has 3 N–H and O–H groups in total. The summed E-state index contributed by atoms with van der Waals surface area (Å²) in [6.45, 7) is 11.7. The summed E-state index contributed by atoms with van der Waals surface area (Å²) in [6.07, 6.45) is 8.12. The van der Waals surface area contributed by atoms with Crippen LogP contribution >= 0.6 is 11.3 Å². The first-order valence-electron chi connectivity index (χ1n) is 20.6. The summed E-state index contributed by atoms with van der Waals surface area (Å²) in [7, 11) is -2.31. The monoisotopic (exact) mass is 851 g/mol. The Morgan fingerprint density at radius 3 is 2.67 bits per heavy atom. The summed E-state index contributed by atoms with van der Waals surface area (Å²) in [5.41, 5.74) is 1.73. The van der Waals surface area contributed by atoms with Crippen LogP contribution in [-0.2, 0) is 24.4 Å². The fourth-order valence-corrected chi connectivity index (χ4v) is 10.4. The van der Waals surface area contributed by atoms with Crippen LogP contribution in [0, 0.1) is 12.5 Å². The number of pyridine rings is 1. The van der Waals surface area contributed by atoms with Gasteiger partial charge in [-0.2, -0.15) is 0 Å². The number of rotatable bonds is 10. The summed E-state index contributed by atoms with van der Waals surface area (Å²) < 4.78 is 40.5. The molecule has 0 radical (unpaired) electrons. The molecule has 16 heteroatoms. The summed E-state index contributed by atoms with van der Waals surface area (Å²) in [4.78, 5) is 58.3. The number of thiazole rings is 1. The molecule has 2 aliphatic carbocycles. The van der Waals surface area contributed by atoms with Crippen molar-refractivity contribution in [2.24, 2.45) is 5.92 Å². The van der Waals surface area contributed by atoms with Crippen molar-refractivity contribution in [1.82, 2.24) is 24.9 Å². The molecule has 3 fully saturated rings. The van der Waals surface area contributed by atoms with Crippen molar-refractivity contribution in [3.8, 4) is 22.2 Å². The van der Waals surface area contributed by atoms with E-state index >= 15 is 0 Å². The molecule has 314 valence electrons. The van der Waals surface area contributed by atoms with Gasteiger partial charge in [-0.05, 0) is 68.7 Å². The maximum absolute atomic E-state index is 14.9. The van der Waals surface area contributed by atoms with Gasteiger partial charge in [0.2, 0.25) is 21.8 Å². The van der Waals surface area contributed by atoms with Crippen LogP contribution in [0.15, 0.2) is 66.1 Å². The Balaban J connectivity index is 1.14. The van der Waals surface area contributed by atoms with Gasteiger partial charge in [0.15, 0.2) is 5.69 Å². The van der Waals surface area contributed by atoms with E-state index in [0.29, 0.717) is 58.7 Å². The Bertz CT molecular complexity index is 2490. The Hall–Kier alpha value is -5.53. The highest BCUT2D eigenvalue weighted by Gasteiger charge is 2.62. The van der Waals surface area contributed by atoms with Gasteiger partial charge in [0.05, 0.1) is 36.7 Å². The first-order valence-corrected chi connectivity index (χ1v) is 23.0. The van der Waals surface area contributed by atoms with Crippen LogP contribution in [-0.4, -0.2) is 83.6 Å². The van der Waals surface area contributed by atoms with Crippen molar-refractivity contribution in [3.05, 3.63) is 83.2 Å². The van der Waals surface area contributed by atoms with Gasteiger partial charge in [0.25, 0.3) is 5.91 Å². The Morgan fingerprint density at radius 1 is 1.08 bits per heavy atom.